The molecule has 0 aliphatic rings. The van der Waals surface area contributed by atoms with E-state index in [0.717, 1.165) is 18.2 Å². The molecule has 3 nitrogen and oxygen atoms in total. The zero-order valence-electron chi connectivity index (χ0n) is 9.49. The standard InChI is InChI=1S/C13H8BrF2NO2/c14-10-3-1-8(16)6-12(10)19-11-4-2-7(15)5-9(11)13(17)18/h1-6H,(H2,17,18). The number of halogens is 3. The van der Waals surface area contributed by atoms with E-state index in [2.05, 4.69) is 15.9 Å². The number of rotatable bonds is 3. The largest absolute Gasteiger partial charge is 0.455 e. The number of nitrogens with two attached hydrogens (primary N) is 1. The topological polar surface area (TPSA) is 52.3 Å². The maximum Gasteiger partial charge on any atom is 0.252 e. The van der Waals surface area contributed by atoms with E-state index in [0.29, 0.717) is 4.47 Å². The van der Waals surface area contributed by atoms with E-state index < -0.39 is 17.5 Å². The summed E-state index contributed by atoms with van der Waals surface area (Å²) in [5.41, 5.74) is 5.02. The van der Waals surface area contributed by atoms with Crippen LogP contribution in [0.2, 0.25) is 0 Å². The summed E-state index contributed by atoms with van der Waals surface area (Å²) in [6, 6.07) is 7.18. The number of carbonyl (C=O) groups excluding carboxylic acids is 1. The first-order valence-corrected chi connectivity index (χ1v) is 5.99. The zero-order chi connectivity index (χ0) is 14.0. The van der Waals surface area contributed by atoms with Crippen molar-refractivity contribution in [1.29, 1.82) is 0 Å². The van der Waals surface area contributed by atoms with Gasteiger partial charge in [0, 0.05) is 6.07 Å². The van der Waals surface area contributed by atoms with Gasteiger partial charge in [0.2, 0.25) is 0 Å². The summed E-state index contributed by atoms with van der Waals surface area (Å²) in [4.78, 5) is 11.2. The molecular formula is C13H8BrF2NO2. The lowest BCUT2D eigenvalue weighted by atomic mass is 10.2. The van der Waals surface area contributed by atoms with Crippen molar-refractivity contribution in [3.63, 3.8) is 0 Å². The molecule has 2 aromatic rings. The maximum absolute atomic E-state index is 13.1. The van der Waals surface area contributed by atoms with E-state index in [-0.39, 0.29) is 17.1 Å². The summed E-state index contributed by atoms with van der Waals surface area (Å²) < 4.78 is 32.1. The van der Waals surface area contributed by atoms with Crippen LogP contribution in [0.3, 0.4) is 0 Å². The second-order valence-corrected chi connectivity index (χ2v) is 4.54. The first-order valence-electron chi connectivity index (χ1n) is 5.19. The maximum atomic E-state index is 13.1. The molecule has 2 aromatic carbocycles. The van der Waals surface area contributed by atoms with Crippen molar-refractivity contribution in [3.8, 4) is 11.5 Å². The fourth-order valence-electron chi connectivity index (χ4n) is 1.46. The van der Waals surface area contributed by atoms with Crippen LogP contribution in [0.25, 0.3) is 0 Å². The van der Waals surface area contributed by atoms with Gasteiger partial charge in [0.25, 0.3) is 5.91 Å². The van der Waals surface area contributed by atoms with Crippen molar-refractivity contribution in [2.75, 3.05) is 0 Å². The van der Waals surface area contributed by atoms with Crippen molar-refractivity contribution in [1.82, 2.24) is 0 Å². The summed E-state index contributed by atoms with van der Waals surface area (Å²) in [5, 5.41) is 0. The minimum atomic E-state index is -0.831. The lowest BCUT2D eigenvalue weighted by molar-refractivity contribution is 0.0997. The van der Waals surface area contributed by atoms with Gasteiger partial charge in [-0.25, -0.2) is 8.78 Å². The Morgan fingerprint density at radius 2 is 1.68 bits per heavy atom. The number of hydrogen-bond donors (Lipinski definition) is 1. The SMILES string of the molecule is NC(=O)c1cc(F)ccc1Oc1cc(F)ccc1Br. The summed E-state index contributed by atoms with van der Waals surface area (Å²) in [6.07, 6.45) is 0. The molecule has 0 heterocycles. The zero-order valence-corrected chi connectivity index (χ0v) is 11.1. The van der Waals surface area contributed by atoms with Gasteiger partial charge >= 0.3 is 0 Å². The van der Waals surface area contributed by atoms with Gasteiger partial charge in [0.15, 0.2) is 0 Å². The normalized spacial score (nSPS) is 10.3. The highest BCUT2D eigenvalue weighted by molar-refractivity contribution is 9.10. The minimum Gasteiger partial charge on any atom is -0.455 e. The molecule has 0 fully saturated rings. The lowest BCUT2D eigenvalue weighted by Crippen LogP contribution is -2.12. The van der Waals surface area contributed by atoms with Gasteiger partial charge in [0.05, 0.1) is 10.0 Å². The van der Waals surface area contributed by atoms with Crippen molar-refractivity contribution >= 4 is 21.8 Å². The Balaban J connectivity index is 2.43. The molecule has 2 N–H and O–H groups in total. The van der Waals surface area contributed by atoms with Crippen LogP contribution in [0.4, 0.5) is 8.78 Å². The molecule has 2 rings (SSSR count). The Labute approximate surface area is 116 Å². The van der Waals surface area contributed by atoms with Gasteiger partial charge in [-0.15, -0.1) is 0 Å². The minimum absolute atomic E-state index is 0.0557. The van der Waals surface area contributed by atoms with E-state index in [4.69, 9.17) is 10.5 Å². The molecule has 6 heteroatoms. The Hall–Kier alpha value is -1.95. The molecule has 0 atom stereocenters. The molecule has 0 aliphatic heterocycles. The van der Waals surface area contributed by atoms with Gasteiger partial charge in [-0.3, -0.25) is 4.79 Å². The summed E-state index contributed by atoms with van der Waals surface area (Å²) in [6.45, 7) is 0. The predicted octanol–water partition coefficient (Wildman–Crippen LogP) is 3.62. The van der Waals surface area contributed by atoms with Crippen LogP contribution in [0, 0.1) is 11.6 Å². The second-order valence-electron chi connectivity index (χ2n) is 3.68. The molecule has 0 aliphatic carbocycles. The van der Waals surface area contributed by atoms with E-state index in [1.807, 2.05) is 0 Å². The van der Waals surface area contributed by atoms with Crippen molar-refractivity contribution in [2.24, 2.45) is 5.73 Å². The smallest absolute Gasteiger partial charge is 0.252 e. The third kappa shape index (κ3) is 3.08. The number of carbonyl (C=O) groups is 1. The van der Waals surface area contributed by atoms with Crippen LogP contribution >= 0.6 is 15.9 Å². The first-order chi connectivity index (χ1) is 8.97. The Kier molecular flexibility index (Phi) is 3.80. The average molecular weight is 328 g/mol. The van der Waals surface area contributed by atoms with Crippen LogP contribution in [0.15, 0.2) is 40.9 Å². The molecule has 0 radical (unpaired) electrons. The third-order valence-electron chi connectivity index (χ3n) is 2.32. The highest BCUT2D eigenvalue weighted by Crippen LogP contribution is 2.32. The fraction of sp³-hybridized carbons (Fsp3) is 0. The van der Waals surface area contributed by atoms with Gasteiger partial charge in [-0.1, -0.05) is 0 Å². The summed E-state index contributed by atoms with van der Waals surface area (Å²) in [7, 11) is 0. The molecule has 19 heavy (non-hydrogen) atoms. The van der Waals surface area contributed by atoms with Crippen LogP contribution in [-0.4, -0.2) is 5.91 Å². The van der Waals surface area contributed by atoms with Gasteiger partial charge < -0.3 is 10.5 Å². The number of primary amides is 1. The lowest BCUT2D eigenvalue weighted by Gasteiger charge is -2.10. The number of ether oxygens (including phenoxy) is 1. The summed E-state index contributed by atoms with van der Waals surface area (Å²) in [5.74, 6) is -1.73. The Morgan fingerprint density at radius 1 is 1.05 bits per heavy atom. The number of hydrogen-bond acceptors (Lipinski definition) is 2. The second kappa shape index (κ2) is 5.36. The predicted molar refractivity (Wildman–Crippen MR) is 69.1 cm³/mol. The van der Waals surface area contributed by atoms with Crippen molar-refractivity contribution < 1.29 is 18.3 Å². The third-order valence-corrected chi connectivity index (χ3v) is 2.98. The highest BCUT2D eigenvalue weighted by atomic mass is 79.9. The monoisotopic (exact) mass is 327 g/mol. The quantitative estimate of drug-likeness (QED) is 0.936. The van der Waals surface area contributed by atoms with E-state index in [9.17, 15) is 13.6 Å². The van der Waals surface area contributed by atoms with Gasteiger partial charge in [-0.05, 0) is 46.3 Å². The molecule has 98 valence electrons. The molecule has 0 bridgehead atoms. The van der Waals surface area contributed by atoms with Gasteiger partial charge in [-0.2, -0.15) is 0 Å². The van der Waals surface area contributed by atoms with Crippen LogP contribution in [0.5, 0.6) is 11.5 Å². The summed E-state index contributed by atoms with van der Waals surface area (Å²) >= 11 is 3.18. The van der Waals surface area contributed by atoms with E-state index in [1.165, 1.54) is 18.2 Å². The van der Waals surface area contributed by atoms with E-state index in [1.54, 1.807) is 0 Å². The van der Waals surface area contributed by atoms with Crippen molar-refractivity contribution in [2.45, 2.75) is 0 Å². The van der Waals surface area contributed by atoms with Crippen LogP contribution in [-0.2, 0) is 0 Å². The number of amides is 1. The molecular weight excluding hydrogens is 320 g/mol. The van der Waals surface area contributed by atoms with Crippen molar-refractivity contribution in [3.05, 3.63) is 58.1 Å². The molecule has 0 saturated heterocycles. The highest BCUT2D eigenvalue weighted by Gasteiger charge is 2.13. The average Bonchev–Trinajstić information content (AvgIpc) is 2.35. The molecule has 0 aromatic heterocycles. The van der Waals surface area contributed by atoms with Crippen LogP contribution in [0.1, 0.15) is 10.4 Å². The molecule has 0 spiro atoms. The van der Waals surface area contributed by atoms with Crippen LogP contribution < -0.4 is 10.5 Å². The first kappa shape index (κ1) is 13.5. The Bertz CT molecular complexity index is 647. The Morgan fingerprint density at radius 3 is 2.37 bits per heavy atom. The molecule has 1 amide bonds. The molecule has 0 unspecified atom stereocenters. The van der Waals surface area contributed by atoms with E-state index >= 15 is 0 Å². The fourth-order valence-corrected chi connectivity index (χ4v) is 1.79. The molecule has 0 saturated carbocycles. The van der Waals surface area contributed by atoms with Gasteiger partial charge in [0.1, 0.15) is 23.1 Å². The number of benzene rings is 2.